The van der Waals surface area contributed by atoms with Crippen molar-refractivity contribution in [3.05, 3.63) is 21.5 Å². The van der Waals surface area contributed by atoms with Gasteiger partial charge in [-0.3, -0.25) is 19.6 Å². The van der Waals surface area contributed by atoms with Crippen molar-refractivity contribution in [2.45, 2.75) is 33.7 Å². The Balaban J connectivity index is 2.76. The van der Waals surface area contributed by atoms with E-state index in [0.29, 0.717) is 24.5 Å². The summed E-state index contributed by atoms with van der Waals surface area (Å²) in [6.07, 6.45) is 0.160. The second kappa shape index (κ2) is 5.42. The van der Waals surface area contributed by atoms with E-state index in [0.717, 1.165) is 0 Å². The first-order valence-electron chi connectivity index (χ1n) is 5.31. The fourth-order valence-electron chi connectivity index (χ4n) is 1.60. The van der Waals surface area contributed by atoms with Crippen LogP contribution in [0.4, 0.5) is 5.69 Å². The van der Waals surface area contributed by atoms with E-state index in [9.17, 15) is 14.9 Å². The minimum atomic E-state index is -0.460. The van der Waals surface area contributed by atoms with Crippen LogP contribution in [-0.2, 0) is 16.1 Å². The van der Waals surface area contributed by atoms with Gasteiger partial charge in [0.2, 0.25) is 0 Å². The summed E-state index contributed by atoms with van der Waals surface area (Å²) in [5.41, 5.74) is 0.821. The Morgan fingerprint density at radius 3 is 2.65 bits per heavy atom. The quantitative estimate of drug-likeness (QED) is 0.441. The molecule has 0 amide bonds. The lowest BCUT2D eigenvalue weighted by Gasteiger charge is -2.03. The molecule has 0 N–H and O–H groups in total. The third-order valence-electron chi connectivity index (χ3n) is 2.36. The molecule has 17 heavy (non-hydrogen) atoms. The zero-order valence-electron chi connectivity index (χ0n) is 10.1. The maximum absolute atomic E-state index is 11.2. The molecule has 0 atom stereocenters. The highest BCUT2D eigenvalue weighted by Crippen LogP contribution is 2.21. The van der Waals surface area contributed by atoms with E-state index in [1.54, 1.807) is 20.8 Å². The molecule has 0 spiro atoms. The van der Waals surface area contributed by atoms with Crippen LogP contribution in [0.25, 0.3) is 0 Å². The van der Waals surface area contributed by atoms with Gasteiger partial charge in [0, 0.05) is 0 Å². The topological polar surface area (TPSA) is 87.3 Å². The number of esters is 1. The predicted molar refractivity (Wildman–Crippen MR) is 59.6 cm³/mol. The third-order valence-corrected chi connectivity index (χ3v) is 2.36. The molecule has 0 aliphatic carbocycles. The van der Waals surface area contributed by atoms with Crippen LogP contribution >= 0.6 is 0 Å². The maximum atomic E-state index is 11.2. The summed E-state index contributed by atoms with van der Waals surface area (Å²) in [5.74, 6) is -0.331. The molecule has 0 radical (unpaired) electrons. The van der Waals surface area contributed by atoms with E-state index >= 15 is 0 Å². The van der Waals surface area contributed by atoms with Gasteiger partial charge in [-0.25, -0.2) is 0 Å². The molecule has 0 fully saturated rings. The summed E-state index contributed by atoms with van der Waals surface area (Å²) in [6, 6.07) is 0. The molecule has 0 saturated heterocycles. The van der Waals surface area contributed by atoms with Crippen LogP contribution in [0.5, 0.6) is 0 Å². The van der Waals surface area contributed by atoms with Gasteiger partial charge in [0.25, 0.3) is 0 Å². The molecule has 0 aliphatic heterocycles. The number of hydrogen-bond donors (Lipinski definition) is 0. The fraction of sp³-hybridized carbons (Fsp3) is 0.600. The molecule has 0 aliphatic rings. The first-order valence-corrected chi connectivity index (χ1v) is 5.31. The SMILES string of the molecule is CCOC(=O)CCn1nc(C)c([N+](=O)[O-])c1C. The third kappa shape index (κ3) is 3.02. The molecule has 1 aromatic heterocycles. The Bertz CT molecular complexity index is 439. The Morgan fingerprint density at radius 1 is 1.53 bits per heavy atom. The predicted octanol–water partition coefficient (Wildman–Crippen LogP) is 1.36. The van der Waals surface area contributed by atoms with Gasteiger partial charge in [0.1, 0.15) is 11.4 Å². The molecular formula is C10H15N3O4. The highest BCUT2D eigenvalue weighted by atomic mass is 16.6. The van der Waals surface area contributed by atoms with E-state index in [1.807, 2.05) is 0 Å². The summed E-state index contributed by atoms with van der Waals surface area (Å²) >= 11 is 0. The van der Waals surface area contributed by atoms with Crippen LogP contribution in [-0.4, -0.2) is 27.3 Å². The summed E-state index contributed by atoms with van der Waals surface area (Å²) in [5, 5.41) is 14.8. The number of carbonyl (C=O) groups excluding carboxylic acids is 1. The van der Waals surface area contributed by atoms with Crippen molar-refractivity contribution in [3.8, 4) is 0 Å². The highest BCUT2D eigenvalue weighted by Gasteiger charge is 2.21. The standard InChI is InChI=1S/C10H15N3O4/c1-4-17-9(14)5-6-12-8(3)10(13(15)16)7(2)11-12/h4-6H2,1-3H3. The lowest BCUT2D eigenvalue weighted by atomic mass is 10.3. The van der Waals surface area contributed by atoms with Crippen molar-refractivity contribution in [3.63, 3.8) is 0 Å². The average Bonchev–Trinajstić information content (AvgIpc) is 2.51. The van der Waals surface area contributed by atoms with Gasteiger partial charge in [-0.1, -0.05) is 0 Å². The van der Waals surface area contributed by atoms with Gasteiger partial charge >= 0.3 is 11.7 Å². The molecule has 94 valence electrons. The molecule has 0 saturated carbocycles. The number of hydrogen-bond acceptors (Lipinski definition) is 5. The lowest BCUT2D eigenvalue weighted by Crippen LogP contribution is -2.11. The Hall–Kier alpha value is -1.92. The van der Waals surface area contributed by atoms with Gasteiger partial charge in [-0.2, -0.15) is 5.10 Å². The number of carbonyl (C=O) groups is 1. The zero-order valence-corrected chi connectivity index (χ0v) is 10.1. The van der Waals surface area contributed by atoms with Crippen LogP contribution in [0.3, 0.4) is 0 Å². The maximum Gasteiger partial charge on any atom is 0.312 e. The van der Waals surface area contributed by atoms with E-state index in [-0.39, 0.29) is 18.1 Å². The number of nitro groups is 1. The largest absolute Gasteiger partial charge is 0.466 e. The van der Waals surface area contributed by atoms with Crippen LogP contribution in [0, 0.1) is 24.0 Å². The molecule has 1 heterocycles. The van der Waals surface area contributed by atoms with Crippen molar-refractivity contribution in [1.29, 1.82) is 0 Å². The van der Waals surface area contributed by atoms with Crippen LogP contribution in [0.2, 0.25) is 0 Å². The minimum Gasteiger partial charge on any atom is -0.466 e. The van der Waals surface area contributed by atoms with Crippen molar-refractivity contribution < 1.29 is 14.5 Å². The van der Waals surface area contributed by atoms with E-state index in [1.165, 1.54) is 4.68 Å². The first kappa shape index (κ1) is 13.1. The smallest absolute Gasteiger partial charge is 0.312 e. The van der Waals surface area contributed by atoms with Gasteiger partial charge in [-0.05, 0) is 20.8 Å². The average molecular weight is 241 g/mol. The number of nitrogens with zero attached hydrogens (tertiary/aromatic N) is 3. The van der Waals surface area contributed by atoms with Crippen LogP contribution in [0.15, 0.2) is 0 Å². The Morgan fingerprint density at radius 2 is 2.18 bits per heavy atom. The van der Waals surface area contributed by atoms with Gasteiger partial charge in [-0.15, -0.1) is 0 Å². The number of rotatable bonds is 5. The van der Waals surface area contributed by atoms with Crippen LogP contribution < -0.4 is 0 Å². The molecular weight excluding hydrogens is 226 g/mol. The number of aromatic nitrogens is 2. The molecule has 0 bridgehead atoms. The monoisotopic (exact) mass is 241 g/mol. The van der Waals surface area contributed by atoms with E-state index in [2.05, 4.69) is 5.10 Å². The van der Waals surface area contributed by atoms with E-state index < -0.39 is 4.92 Å². The summed E-state index contributed by atoms with van der Waals surface area (Å²) in [4.78, 5) is 21.5. The first-order chi connectivity index (χ1) is 7.97. The van der Waals surface area contributed by atoms with Gasteiger partial charge in [0.15, 0.2) is 0 Å². The van der Waals surface area contributed by atoms with Crippen molar-refractivity contribution in [2.24, 2.45) is 0 Å². The van der Waals surface area contributed by atoms with Gasteiger partial charge in [0.05, 0.1) is 24.5 Å². The second-order valence-corrected chi connectivity index (χ2v) is 3.55. The second-order valence-electron chi connectivity index (χ2n) is 3.55. The summed E-state index contributed by atoms with van der Waals surface area (Å²) in [6.45, 7) is 5.54. The number of aryl methyl sites for hydroxylation is 2. The normalized spacial score (nSPS) is 10.3. The van der Waals surface area contributed by atoms with Crippen molar-refractivity contribution in [2.75, 3.05) is 6.61 Å². The van der Waals surface area contributed by atoms with Crippen LogP contribution in [0.1, 0.15) is 24.7 Å². The van der Waals surface area contributed by atoms with Gasteiger partial charge < -0.3 is 4.74 Å². The Kier molecular flexibility index (Phi) is 4.19. The summed E-state index contributed by atoms with van der Waals surface area (Å²) in [7, 11) is 0. The van der Waals surface area contributed by atoms with Crippen molar-refractivity contribution in [1.82, 2.24) is 9.78 Å². The molecule has 0 aromatic carbocycles. The highest BCUT2D eigenvalue weighted by molar-refractivity contribution is 5.69. The molecule has 7 nitrogen and oxygen atoms in total. The zero-order chi connectivity index (χ0) is 13.0. The van der Waals surface area contributed by atoms with Crippen molar-refractivity contribution >= 4 is 11.7 Å². The molecule has 7 heteroatoms. The Labute approximate surface area is 98.5 Å². The molecule has 1 aromatic rings. The minimum absolute atomic E-state index is 0.00820. The molecule has 1 rings (SSSR count). The number of ether oxygens (including phenoxy) is 1. The lowest BCUT2D eigenvalue weighted by molar-refractivity contribution is -0.386. The van der Waals surface area contributed by atoms with E-state index in [4.69, 9.17) is 4.74 Å². The summed E-state index contributed by atoms with van der Waals surface area (Å²) < 4.78 is 6.24. The fourth-order valence-corrected chi connectivity index (χ4v) is 1.60. The molecule has 0 unspecified atom stereocenters.